The van der Waals surface area contributed by atoms with Crippen LogP contribution in [0.25, 0.3) is 0 Å². The number of nitrogens with two attached hydrogens (primary N) is 1. The third kappa shape index (κ3) is 2.05. The quantitative estimate of drug-likeness (QED) is 0.665. The highest BCUT2D eigenvalue weighted by molar-refractivity contribution is 4.88. The van der Waals surface area contributed by atoms with Crippen LogP contribution in [0.1, 0.15) is 32.1 Å². The second kappa shape index (κ2) is 3.97. The van der Waals surface area contributed by atoms with Crippen molar-refractivity contribution in [2.75, 3.05) is 20.1 Å². The minimum Gasteiger partial charge on any atom is -0.327 e. The maximum Gasteiger partial charge on any atom is 0.00941 e. The summed E-state index contributed by atoms with van der Waals surface area (Å²) in [5, 5.41) is 0. The summed E-state index contributed by atoms with van der Waals surface area (Å²) >= 11 is 0. The van der Waals surface area contributed by atoms with Crippen molar-refractivity contribution in [3.8, 4) is 0 Å². The molecular weight excluding hydrogens is 160 g/mol. The van der Waals surface area contributed by atoms with Gasteiger partial charge in [0.2, 0.25) is 0 Å². The first kappa shape index (κ1) is 9.47. The Labute approximate surface area is 81.5 Å². The minimum absolute atomic E-state index is 0.485. The lowest BCUT2D eigenvalue weighted by atomic mass is 9.81. The topological polar surface area (TPSA) is 29.3 Å². The Kier molecular flexibility index (Phi) is 2.89. The molecule has 2 heteroatoms. The SMILES string of the molecule is CN1CCC(N)C(C2CCCC2)C1. The molecule has 0 aromatic carbocycles. The molecule has 0 bridgehead atoms. The average Bonchev–Trinajstić information content (AvgIpc) is 2.61. The highest BCUT2D eigenvalue weighted by atomic mass is 15.1. The highest BCUT2D eigenvalue weighted by Crippen LogP contribution is 2.35. The molecule has 2 aliphatic rings. The predicted octanol–water partition coefficient (Wildman–Crippen LogP) is 1.46. The maximum absolute atomic E-state index is 6.19. The van der Waals surface area contributed by atoms with Gasteiger partial charge in [0, 0.05) is 12.6 Å². The van der Waals surface area contributed by atoms with E-state index in [4.69, 9.17) is 5.73 Å². The summed E-state index contributed by atoms with van der Waals surface area (Å²) in [4.78, 5) is 2.45. The Balaban J connectivity index is 1.94. The summed E-state index contributed by atoms with van der Waals surface area (Å²) in [6.45, 7) is 2.44. The van der Waals surface area contributed by atoms with Gasteiger partial charge in [-0.1, -0.05) is 25.7 Å². The molecular formula is C11H22N2. The van der Waals surface area contributed by atoms with Crippen LogP contribution in [0.15, 0.2) is 0 Å². The molecule has 2 atom stereocenters. The standard InChI is InChI=1S/C11H22N2/c1-13-7-6-11(12)10(8-13)9-4-2-3-5-9/h9-11H,2-8,12H2,1H3. The second-order valence-electron chi connectivity index (χ2n) is 4.92. The smallest absolute Gasteiger partial charge is 0.00941 e. The van der Waals surface area contributed by atoms with Crippen LogP contribution in [0, 0.1) is 11.8 Å². The molecule has 2 rings (SSSR count). The molecule has 2 fully saturated rings. The summed E-state index contributed by atoms with van der Waals surface area (Å²) in [7, 11) is 2.23. The highest BCUT2D eigenvalue weighted by Gasteiger charge is 2.32. The Hall–Kier alpha value is -0.0800. The minimum atomic E-state index is 0.485. The van der Waals surface area contributed by atoms with Crippen molar-refractivity contribution in [1.29, 1.82) is 0 Å². The van der Waals surface area contributed by atoms with Gasteiger partial charge in [0.25, 0.3) is 0 Å². The van der Waals surface area contributed by atoms with E-state index in [2.05, 4.69) is 11.9 Å². The van der Waals surface area contributed by atoms with Crippen molar-refractivity contribution in [3.05, 3.63) is 0 Å². The number of rotatable bonds is 1. The lowest BCUT2D eigenvalue weighted by molar-refractivity contribution is 0.138. The maximum atomic E-state index is 6.19. The van der Waals surface area contributed by atoms with E-state index in [1.165, 1.54) is 45.2 Å². The molecule has 1 saturated carbocycles. The van der Waals surface area contributed by atoms with Gasteiger partial charge >= 0.3 is 0 Å². The van der Waals surface area contributed by atoms with E-state index in [9.17, 15) is 0 Å². The Bertz CT molecular complexity index is 163. The number of likely N-dealkylation sites (tertiary alicyclic amines) is 1. The fourth-order valence-electron chi connectivity index (χ4n) is 3.05. The third-order valence-electron chi connectivity index (χ3n) is 3.92. The van der Waals surface area contributed by atoms with Crippen molar-refractivity contribution >= 4 is 0 Å². The van der Waals surface area contributed by atoms with Gasteiger partial charge in [-0.15, -0.1) is 0 Å². The van der Waals surface area contributed by atoms with Gasteiger partial charge in [-0.05, 0) is 31.8 Å². The van der Waals surface area contributed by atoms with Gasteiger partial charge in [0.1, 0.15) is 0 Å². The molecule has 76 valence electrons. The molecule has 0 amide bonds. The molecule has 1 aliphatic heterocycles. The van der Waals surface area contributed by atoms with Crippen LogP contribution >= 0.6 is 0 Å². The summed E-state index contributed by atoms with van der Waals surface area (Å²) in [6.07, 6.45) is 6.96. The van der Waals surface area contributed by atoms with E-state index >= 15 is 0 Å². The van der Waals surface area contributed by atoms with Crippen LogP contribution in [0.3, 0.4) is 0 Å². The van der Waals surface area contributed by atoms with Crippen molar-refractivity contribution in [1.82, 2.24) is 4.90 Å². The summed E-state index contributed by atoms with van der Waals surface area (Å²) in [5.74, 6) is 1.74. The Morgan fingerprint density at radius 2 is 1.85 bits per heavy atom. The van der Waals surface area contributed by atoms with Gasteiger partial charge in [-0.2, -0.15) is 0 Å². The molecule has 1 aliphatic carbocycles. The van der Waals surface area contributed by atoms with Crippen LogP contribution in [-0.4, -0.2) is 31.1 Å². The number of nitrogens with zero attached hydrogens (tertiary/aromatic N) is 1. The first-order valence-corrected chi connectivity index (χ1v) is 5.71. The summed E-state index contributed by atoms with van der Waals surface area (Å²) in [6, 6.07) is 0.485. The number of piperidine rings is 1. The van der Waals surface area contributed by atoms with E-state index in [1.807, 2.05) is 0 Å². The van der Waals surface area contributed by atoms with Crippen molar-refractivity contribution in [3.63, 3.8) is 0 Å². The first-order valence-electron chi connectivity index (χ1n) is 5.71. The van der Waals surface area contributed by atoms with E-state index in [-0.39, 0.29) is 0 Å². The van der Waals surface area contributed by atoms with Crippen molar-refractivity contribution in [2.24, 2.45) is 17.6 Å². The lowest BCUT2D eigenvalue weighted by Crippen LogP contribution is -2.48. The third-order valence-corrected chi connectivity index (χ3v) is 3.92. The molecule has 0 aromatic rings. The van der Waals surface area contributed by atoms with Crippen molar-refractivity contribution in [2.45, 2.75) is 38.1 Å². The molecule has 0 aromatic heterocycles. The average molecular weight is 182 g/mol. The molecule has 0 radical (unpaired) electrons. The molecule has 2 nitrogen and oxygen atoms in total. The van der Waals surface area contributed by atoms with Gasteiger partial charge < -0.3 is 10.6 Å². The number of hydrogen-bond acceptors (Lipinski definition) is 2. The van der Waals surface area contributed by atoms with Gasteiger partial charge in [0.05, 0.1) is 0 Å². The monoisotopic (exact) mass is 182 g/mol. The van der Waals surface area contributed by atoms with Crippen LogP contribution in [0.5, 0.6) is 0 Å². The normalized spacial score (nSPS) is 38.3. The largest absolute Gasteiger partial charge is 0.327 e. The summed E-state index contributed by atoms with van der Waals surface area (Å²) in [5.41, 5.74) is 6.19. The zero-order valence-corrected chi connectivity index (χ0v) is 8.71. The molecule has 2 N–H and O–H groups in total. The number of hydrogen-bond donors (Lipinski definition) is 1. The molecule has 1 saturated heterocycles. The van der Waals surface area contributed by atoms with Gasteiger partial charge in [-0.25, -0.2) is 0 Å². The fraction of sp³-hybridized carbons (Fsp3) is 1.00. The van der Waals surface area contributed by atoms with E-state index in [1.54, 1.807) is 0 Å². The van der Waals surface area contributed by atoms with E-state index in [0.717, 1.165) is 11.8 Å². The van der Waals surface area contributed by atoms with E-state index < -0.39 is 0 Å². The van der Waals surface area contributed by atoms with Crippen molar-refractivity contribution < 1.29 is 0 Å². The van der Waals surface area contributed by atoms with Crippen LogP contribution < -0.4 is 5.73 Å². The van der Waals surface area contributed by atoms with Crippen LogP contribution in [0.2, 0.25) is 0 Å². The zero-order valence-electron chi connectivity index (χ0n) is 8.71. The Morgan fingerprint density at radius 3 is 2.54 bits per heavy atom. The molecule has 1 heterocycles. The first-order chi connectivity index (χ1) is 6.27. The molecule has 2 unspecified atom stereocenters. The predicted molar refractivity (Wildman–Crippen MR) is 55.5 cm³/mol. The Morgan fingerprint density at radius 1 is 1.15 bits per heavy atom. The summed E-state index contributed by atoms with van der Waals surface area (Å²) < 4.78 is 0. The lowest BCUT2D eigenvalue weighted by Gasteiger charge is -2.38. The van der Waals surface area contributed by atoms with Gasteiger partial charge in [0.15, 0.2) is 0 Å². The second-order valence-corrected chi connectivity index (χ2v) is 4.92. The zero-order chi connectivity index (χ0) is 9.26. The van der Waals surface area contributed by atoms with Crippen LogP contribution in [0.4, 0.5) is 0 Å². The van der Waals surface area contributed by atoms with Gasteiger partial charge in [-0.3, -0.25) is 0 Å². The van der Waals surface area contributed by atoms with E-state index in [0.29, 0.717) is 6.04 Å². The molecule has 13 heavy (non-hydrogen) atoms. The molecule has 0 spiro atoms. The fourth-order valence-corrected chi connectivity index (χ4v) is 3.05. The van der Waals surface area contributed by atoms with Crippen LogP contribution in [-0.2, 0) is 0 Å².